The highest BCUT2D eigenvalue weighted by Crippen LogP contribution is 2.35. The van der Waals surface area contributed by atoms with E-state index in [0.717, 1.165) is 37.0 Å². The molecule has 3 rings (SSSR count). The van der Waals surface area contributed by atoms with Crippen LogP contribution in [0.4, 0.5) is 0 Å². The maximum atomic E-state index is 6.34. The molecule has 1 aliphatic rings. The number of hydrogen-bond donors (Lipinski definition) is 1. The van der Waals surface area contributed by atoms with Crippen molar-refractivity contribution in [3.8, 4) is 5.75 Å². The van der Waals surface area contributed by atoms with Crippen molar-refractivity contribution in [2.75, 3.05) is 0 Å². The van der Waals surface area contributed by atoms with Crippen LogP contribution in [0.1, 0.15) is 56.0 Å². The Bertz CT molecular complexity index is 665. The lowest BCUT2D eigenvalue weighted by Crippen LogP contribution is -2.34. The standard InChI is InChI=1S/C16H20ClN3O2/c1-10-9-12(5-6-13(10)17)21-11(2)14-19-15(20-22-14)16(18)7-3-4-8-16/h5-6,9,11H,3-4,7-8,18H2,1-2H3. The van der Waals surface area contributed by atoms with Gasteiger partial charge in [-0.25, -0.2) is 0 Å². The van der Waals surface area contributed by atoms with E-state index < -0.39 is 5.54 Å². The molecular weight excluding hydrogens is 302 g/mol. The number of benzene rings is 1. The first-order valence-electron chi connectivity index (χ1n) is 7.54. The lowest BCUT2D eigenvalue weighted by atomic mass is 9.99. The van der Waals surface area contributed by atoms with Gasteiger partial charge in [0.1, 0.15) is 5.75 Å². The molecule has 2 N–H and O–H groups in total. The number of aromatic nitrogens is 2. The lowest BCUT2D eigenvalue weighted by molar-refractivity contribution is 0.175. The summed E-state index contributed by atoms with van der Waals surface area (Å²) in [6.07, 6.45) is 3.68. The Balaban J connectivity index is 1.73. The van der Waals surface area contributed by atoms with Crippen LogP contribution in [0.5, 0.6) is 5.75 Å². The van der Waals surface area contributed by atoms with E-state index >= 15 is 0 Å². The second-order valence-corrected chi connectivity index (χ2v) is 6.40. The SMILES string of the molecule is Cc1cc(OC(C)c2nc(C3(N)CCCC3)no2)ccc1Cl. The largest absolute Gasteiger partial charge is 0.481 e. The molecule has 6 heteroatoms. The number of halogens is 1. The molecule has 1 fully saturated rings. The van der Waals surface area contributed by atoms with Gasteiger partial charge in [-0.2, -0.15) is 4.98 Å². The third kappa shape index (κ3) is 2.96. The van der Waals surface area contributed by atoms with E-state index in [0.29, 0.717) is 16.7 Å². The summed E-state index contributed by atoms with van der Waals surface area (Å²) in [6, 6.07) is 5.52. The third-order valence-electron chi connectivity index (χ3n) is 4.17. The molecule has 0 spiro atoms. The second kappa shape index (κ2) is 5.89. The molecule has 1 saturated carbocycles. The smallest absolute Gasteiger partial charge is 0.267 e. The molecule has 5 nitrogen and oxygen atoms in total. The Labute approximate surface area is 134 Å². The van der Waals surface area contributed by atoms with Gasteiger partial charge < -0.3 is 15.0 Å². The summed E-state index contributed by atoms with van der Waals surface area (Å²) in [5, 5.41) is 4.77. The van der Waals surface area contributed by atoms with Gasteiger partial charge in [0.05, 0.1) is 5.54 Å². The monoisotopic (exact) mass is 321 g/mol. The van der Waals surface area contributed by atoms with Crippen LogP contribution >= 0.6 is 11.6 Å². The quantitative estimate of drug-likeness (QED) is 0.924. The number of aryl methyl sites for hydroxylation is 1. The number of nitrogens with zero attached hydrogens (tertiary/aromatic N) is 2. The van der Waals surface area contributed by atoms with Gasteiger partial charge in [-0.15, -0.1) is 0 Å². The second-order valence-electron chi connectivity index (χ2n) is 5.99. The Kier molecular flexibility index (Phi) is 4.10. The fourth-order valence-corrected chi connectivity index (χ4v) is 2.89. The van der Waals surface area contributed by atoms with Crippen molar-refractivity contribution in [3.05, 3.63) is 40.5 Å². The minimum Gasteiger partial charge on any atom is -0.481 e. The van der Waals surface area contributed by atoms with E-state index in [4.69, 9.17) is 26.6 Å². The molecule has 1 unspecified atom stereocenters. The minimum absolute atomic E-state index is 0.341. The van der Waals surface area contributed by atoms with E-state index in [1.807, 2.05) is 32.0 Å². The van der Waals surface area contributed by atoms with Crippen molar-refractivity contribution in [3.63, 3.8) is 0 Å². The molecule has 22 heavy (non-hydrogen) atoms. The van der Waals surface area contributed by atoms with E-state index in [1.54, 1.807) is 0 Å². The molecule has 0 radical (unpaired) electrons. The molecular formula is C16H20ClN3O2. The predicted octanol–water partition coefficient (Wildman–Crippen LogP) is 3.90. The molecule has 1 aromatic heterocycles. The van der Waals surface area contributed by atoms with Crippen LogP contribution in [-0.4, -0.2) is 10.1 Å². The molecule has 2 aromatic rings. The zero-order valence-corrected chi connectivity index (χ0v) is 13.6. The summed E-state index contributed by atoms with van der Waals surface area (Å²) in [7, 11) is 0. The first kappa shape index (κ1) is 15.3. The summed E-state index contributed by atoms with van der Waals surface area (Å²) in [5.74, 6) is 1.75. The highest BCUT2D eigenvalue weighted by molar-refractivity contribution is 6.31. The minimum atomic E-state index is -0.446. The van der Waals surface area contributed by atoms with Crippen LogP contribution in [0.25, 0.3) is 0 Å². The molecule has 0 amide bonds. The van der Waals surface area contributed by atoms with E-state index in [1.165, 1.54) is 0 Å². The maximum Gasteiger partial charge on any atom is 0.267 e. The van der Waals surface area contributed by atoms with Crippen molar-refractivity contribution in [1.29, 1.82) is 0 Å². The summed E-state index contributed by atoms with van der Waals surface area (Å²) in [5.41, 5.74) is 6.86. The van der Waals surface area contributed by atoms with Crippen LogP contribution in [0.2, 0.25) is 5.02 Å². The maximum absolute atomic E-state index is 6.34. The number of ether oxygens (including phenoxy) is 1. The van der Waals surface area contributed by atoms with Crippen LogP contribution in [0.15, 0.2) is 22.7 Å². The summed E-state index contributed by atoms with van der Waals surface area (Å²) < 4.78 is 11.2. The van der Waals surface area contributed by atoms with Gasteiger partial charge in [0.2, 0.25) is 0 Å². The summed E-state index contributed by atoms with van der Waals surface area (Å²) in [4.78, 5) is 4.45. The van der Waals surface area contributed by atoms with Crippen LogP contribution in [-0.2, 0) is 5.54 Å². The van der Waals surface area contributed by atoms with Gasteiger partial charge in [0.15, 0.2) is 11.9 Å². The van der Waals surface area contributed by atoms with Crippen LogP contribution in [0.3, 0.4) is 0 Å². The van der Waals surface area contributed by atoms with Gasteiger partial charge in [-0.05, 0) is 50.5 Å². The van der Waals surface area contributed by atoms with E-state index in [9.17, 15) is 0 Å². The van der Waals surface area contributed by atoms with Crippen LogP contribution < -0.4 is 10.5 Å². The topological polar surface area (TPSA) is 74.2 Å². The summed E-state index contributed by atoms with van der Waals surface area (Å²) >= 11 is 6.02. The zero-order chi connectivity index (χ0) is 15.7. The Hall–Kier alpha value is -1.59. The van der Waals surface area contributed by atoms with Gasteiger partial charge in [-0.3, -0.25) is 0 Å². The fourth-order valence-electron chi connectivity index (χ4n) is 2.78. The normalized spacial score (nSPS) is 18.4. The van der Waals surface area contributed by atoms with E-state index in [-0.39, 0.29) is 6.10 Å². The molecule has 0 saturated heterocycles. The average Bonchev–Trinajstić information content (AvgIpc) is 3.12. The van der Waals surface area contributed by atoms with Crippen molar-refractivity contribution >= 4 is 11.6 Å². The first-order valence-corrected chi connectivity index (χ1v) is 7.91. The first-order chi connectivity index (χ1) is 10.5. The molecule has 1 atom stereocenters. The molecule has 1 aromatic carbocycles. The number of rotatable bonds is 4. The Morgan fingerprint density at radius 3 is 2.77 bits per heavy atom. The van der Waals surface area contributed by atoms with E-state index in [2.05, 4.69) is 10.1 Å². The zero-order valence-electron chi connectivity index (χ0n) is 12.8. The third-order valence-corrected chi connectivity index (χ3v) is 4.60. The van der Waals surface area contributed by atoms with Crippen molar-refractivity contribution < 1.29 is 9.26 Å². The average molecular weight is 322 g/mol. The fraction of sp³-hybridized carbons (Fsp3) is 0.500. The molecule has 0 bridgehead atoms. The van der Waals surface area contributed by atoms with Crippen molar-refractivity contribution in [2.45, 2.75) is 51.2 Å². The Morgan fingerprint density at radius 1 is 1.36 bits per heavy atom. The van der Waals surface area contributed by atoms with Crippen molar-refractivity contribution in [1.82, 2.24) is 10.1 Å². The molecule has 0 aliphatic heterocycles. The van der Waals surface area contributed by atoms with Gasteiger partial charge in [0, 0.05) is 5.02 Å². The number of nitrogens with two attached hydrogens (primary N) is 1. The molecule has 1 heterocycles. The summed E-state index contributed by atoms with van der Waals surface area (Å²) in [6.45, 7) is 3.81. The molecule has 1 aliphatic carbocycles. The van der Waals surface area contributed by atoms with Gasteiger partial charge in [-0.1, -0.05) is 29.6 Å². The highest BCUT2D eigenvalue weighted by atomic mass is 35.5. The molecule has 118 valence electrons. The van der Waals surface area contributed by atoms with Crippen LogP contribution in [0, 0.1) is 6.92 Å². The highest BCUT2D eigenvalue weighted by Gasteiger charge is 2.36. The Morgan fingerprint density at radius 2 is 2.09 bits per heavy atom. The van der Waals surface area contributed by atoms with Crippen molar-refractivity contribution in [2.24, 2.45) is 5.73 Å². The van der Waals surface area contributed by atoms with Gasteiger partial charge in [0.25, 0.3) is 5.89 Å². The van der Waals surface area contributed by atoms with Gasteiger partial charge >= 0.3 is 0 Å². The predicted molar refractivity (Wildman–Crippen MR) is 83.9 cm³/mol. The number of hydrogen-bond acceptors (Lipinski definition) is 5. The lowest BCUT2D eigenvalue weighted by Gasteiger charge is -2.18.